The van der Waals surface area contributed by atoms with E-state index in [2.05, 4.69) is 26.6 Å². The van der Waals surface area contributed by atoms with Crippen molar-refractivity contribution in [1.29, 1.82) is 0 Å². The van der Waals surface area contributed by atoms with Crippen LogP contribution in [0.1, 0.15) is 12.8 Å². The molecule has 25 heavy (non-hydrogen) atoms. The van der Waals surface area contributed by atoms with Crippen LogP contribution in [-0.4, -0.2) is 60.2 Å². The SMILES string of the molecule is CN1CC(=O)N(CCCC(=O)NCC(=O)Nc2ccccc2Br)C1=O. The Morgan fingerprint density at radius 1 is 1.20 bits per heavy atom. The van der Waals surface area contributed by atoms with E-state index in [4.69, 9.17) is 0 Å². The molecule has 134 valence electrons. The third kappa shape index (κ3) is 5.28. The lowest BCUT2D eigenvalue weighted by Crippen LogP contribution is -2.35. The summed E-state index contributed by atoms with van der Waals surface area (Å²) >= 11 is 3.32. The smallest absolute Gasteiger partial charge is 0.326 e. The number of benzene rings is 1. The summed E-state index contributed by atoms with van der Waals surface area (Å²) in [7, 11) is 1.55. The summed E-state index contributed by atoms with van der Waals surface area (Å²) in [6, 6.07) is 6.81. The summed E-state index contributed by atoms with van der Waals surface area (Å²) < 4.78 is 0.750. The summed E-state index contributed by atoms with van der Waals surface area (Å²) in [5.74, 6) is -0.915. The Morgan fingerprint density at radius 3 is 2.56 bits per heavy atom. The summed E-state index contributed by atoms with van der Waals surface area (Å²) in [4.78, 5) is 49.3. The number of carbonyl (C=O) groups excluding carboxylic acids is 4. The molecule has 2 N–H and O–H groups in total. The molecule has 1 aliphatic heterocycles. The molecule has 0 unspecified atom stereocenters. The fourth-order valence-corrected chi connectivity index (χ4v) is 2.69. The summed E-state index contributed by atoms with van der Waals surface area (Å²) in [6.07, 6.45) is 0.478. The van der Waals surface area contributed by atoms with Crippen LogP contribution in [0.5, 0.6) is 0 Å². The number of halogens is 1. The van der Waals surface area contributed by atoms with Gasteiger partial charge in [-0.15, -0.1) is 0 Å². The molecular formula is C16H19BrN4O4. The normalized spacial score (nSPS) is 14.0. The lowest BCUT2D eigenvalue weighted by Gasteiger charge is -2.13. The van der Waals surface area contributed by atoms with E-state index in [1.54, 1.807) is 25.2 Å². The number of likely N-dealkylation sites (N-methyl/N-ethyl adjacent to an activating group) is 1. The highest BCUT2D eigenvalue weighted by Crippen LogP contribution is 2.20. The van der Waals surface area contributed by atoms with E-state index in [1.165, 1.54) is 4.90 Å². The number of urea groups is 1. The van der Waals surface area contributed by atoms with Crippen molar-refractivity contribution in [3.63, 3.8) is 0 Å². The fourth-order valence-electron chi connectivity index (χ4n) is 2.31. The maximum atomic E-state index is 11.8. The molecular weight excluding hydrogens is 392 g/mol. The Morgan fingerprint density at radius 2 is 1.92 bits per heavy atom. The Labute approximate surface area is 153 Å². The van der Waals surface area contributed by atoms with Crippen molar-refractivity contribution in [1.82, 2.24) is 15.1 Å². The van der Waals surface area contributed by atoms with Gasteiger partial charge in [0.15, 0.2) is 0 Å². The van der Waals surface area contributed by atoms with Gasteiger partial charge in [-0.2, -0.15) is 0 Å². The van der Waals surface area contributed by atoms with E-state index in [-0.39, 0.29) is 49.8 Å². The van der Waals surface area contributed by atoms with E-state index in [1.807, 2.05) is 6.07 Å². The van der Waals surface area contributed by atoms with Gasteiger partial charge in [-0.25, -0.2) is 4.79 Å². The van der Waals surface area contributed by atoms with Crippen LogP contribution in [0.4, 0.5) is 10.5 Å². The molecule has 1 saturated heterocycles. The molecule has 0 spiro atoms. The number of carbonyl (C=O) groups is 4. The van der Waals surface area contributed by atoms with Gasteiger partial charge in [0, 0.05) is 24.5 Å². The highest BCUT2D eigenvalue weighted by molar-refractivity contribution is 9.10. The van der Waals surface area contributed by atoms with Crippen LogP contribution < -0.4 is 10.6 Å². The number of hydrogen-bond donors (Lipinski definition) is 2. The van der Waals surface area contributed by atoms with Gasteiger partial charge in [0.05, 0.1) is 12.2 Å². The van der Waals surface area contributed by atoms with Crippen LogP contribution in [-0.2, 0) is 14.4 Å². The molecule has 0 atom stereocenters. The minimum absolute atomic E-state index is 0.0697. The first-order valence-corrected chi connectivity index (χ1v) is 8.54. The summed E-state index contributed by atoms with van der Waals surface area (Å²) in [5.41, 5.74) is 0.622. The number of imide groups is 1. The molecule has 1 heterocycles. The number of rotatable bonds is 7. The summed E-state index contributed by atoms with van der Waals surface area (Å²) in [6.45, 7) is 0.114. The fraction of sp³-hybridized carbons (Fsp3) is 0.375. The van der Waals surface area contributed by atoms with Gasteiger partial charge >= 0.3 is 6.03 Å². The molecule has 1 aromatic carbocycles. The monoisotopic (exact) mass is 410 g/mol. The molecule has 1 fully saturated rings. The van der Waals surface area contributed by atoms with Gasteiger partial charge in [-0.05, 0) is 34.5 Å². The van der Waals surface area contributed by atoms with Crippen molar-refractivity contribution in [2.75, 3.05) is 32.0 Å². The molecule has 2 rings (SSSR count). The first-order chi connectivity index (χ1) is 11.9. The van der Waals surface area contributed by atoms with Gasteiger partial charge in [0.2, 0.25) is 17.7 Å². The van der Waals surface area contributed by atoms with E-state index in [0.29, 0.717) is 12.1 Å². The number of nitrogens with zero attached hydrogens (tertiary/aromatic N) is 2. The number of hydrogen-bond acceptors (Lipinski definition) is 4. The largest absolute Gasteiger partial charge is 0.347 e. The van der Waals surface area contributed by atoms with Crippen LogP contribution in [0.15, 0.2) is 28.7 Å². The minimum Gasteiger partial charge on any atom is -0.347 e. The van der Waals surface area contributed by atoms with Gasteiger partial charge in [0.25, 0.3) is 0 Å². The van der Waals surface area contributed by atoms with E-state index < -0.39 is 0 Å². The van der Waals surface area contributed by atoms with Crippen LogP contribution >= 0.6 is 15.9 Å². The Kier molecular flexibility index (Phi) is 6.51. The lowest BCUT2D eigenvalue weighted by molar-refractivity contribution is -0.126. The summed E-state index contributed by atoms with van der Waals surface area (Å²) in [5, 5.41) is 5.19. The van der Waals surface area contributed by atoms with E-state index in [9.17, 15) is 19.2 Å². The highest BCUT2D eigenvalue weighted by Gasteiger charge is 2.32. The minimum atomic E-state index is -0.349. The highest BCUT2D eigenvalue weighted by atomic mass is 79.9. The van der Waals surface area contributed by atoms with Crippen molar-refractivity contribution in [2.45, 2.75) is 12.8 Å². The van der Waals surface area contributed by atoms with Gasteiger partial charge in [-0.1, -0.05) is 12.1 Å². The third-order valence-electron chi connectivity index (χ3n) is 3.61. The number of anilines is 1. The van der Waals surface area contributed by atoms with Crippen molar-refractivity contribution in [3.8, 4) is 0 Å². The maximum Gasteiger partial charge on any atom is 0.326 e. The van der Waals surface area contributed by atoms with Crippen LogP contribution in [0, 0.1) is 0 Å². The predicted octanol–water partition coefficient (Wildman–Crippen LogP) is 1.18. The Hall–Kier alpha value is -2.42. The average Bonchev–Trinajstić information content (AvgIpc) is 2.81. The molecule has 0 aromatic heterocycles. The van der Waals surface area contributed by atoms with Crippen molar-refractivity contribution in [2.24, 2.45) is 0 Å². The zero-order valence-electron chi connectivity index (χ0n) is 13.8. The molecule has 0 bridgehead atoms. The average molecular weight is 411 g/mol. The maximum absolute atomic E-state index is 11.8. The molecule has 0 radical (unpaired) electrons. The molecule has 1 aliphatic rings. The van der Waals surface area contributed by atoms with Crippen molar-refractivity contribution in [3.05, 3.63) is 28.7 Å². The Balaban J connectivity index is 1.67. The standard InChI is InChI=1S/C16H19BrN4O4/c1-20-10-15(24)21(16(20)25)8-4-7-13(22)18-9-14(23)19-12-6-3-2-5-11(12)17/h2-3,5-6H,4,7-10H2,1H3,(H,18,22)(H,19,23). The van der Waals surface area contributed by atoms with Crippen LogP contribution in [0.3, 0.4) is 0 Å². The third-order valence-corrected chi connectivity index (χ3v) is 4.30. The van der Waals surface area contributed by atoms with E-state index >= 15 is 0 Å². The topological polar surface area (TPSA) is 98.8 Å². The molecule has 0 aliphatic carbocycles. The molecule has 5 amide bonds. The first-order valence-electron chi connectivity index (χ1n) is 7.75. The molecule has 1 aromatic rings. The second-order valence-corrected chi connectivity index (χ2v) is 6.45. The van der Waals surface area contributed by atoms with Crippen molar-refractivity contribution < 1.29 is 19.2 Å². The second kappa shape index (κ2) is 8.61. The van der Waals surface area contributed by atoms with Gasteiger partial charge in [0.1, 0.15) is 6.54 Å². The molecule has 9 heteroatoms. The van der Waals surface area contributed by atoms with Crippen LogP contribution in [0.2, 0.25) is 0 Å². The molecule has 0 saturated carbocycles. The van der Waals surface area contributed by atoms with Gasteiger partial charge in [-0.3, -0.25) is 19.3 Å². The number of para-hydroxylation sites is 1. The van der Waals surface area contributed by atoms with E-state index in [0.717, 1.165) is 9.37 Å². The first kappa shape index (κ1) is 18.9. The predicted molar refractivity (Wildman–Crippen MR) is 94.8 cm³/mol. The van der Waals surface area contributed by atoms with Crippen molar-refractivity contribution >= 4 is 45.4 Å². The quantitative estimate of drug-likeness (QED) is 0.659. The number of nitrogens with one attached hydrogen (secondary N) is 2. The molecule has 8 nitrogen and oxygen atoms in total. The zero-order chi connectivity index (χ0) is 18.4. The lowest BCUT2D eigenvalue weighted by atomic mass is 10.2. The Bertz CT molecular complexity index is 694. The number of amides is 5. The van der Waals surface area contributed by atoms with Crippen LogP contribution in [0.25, 0.3) is 0 Å². The van der Waals surface area contributed by atoms with Gasteiger partial charge < -0.3 is 15.5 Å². The zero-order valence-corrected chi connectivity index (χ0v) is 15.3. The second-order valence-electron chi connectivity index (χ2n) is 5.59.